The number of hydrogen-bond acceptors (Lipinski definition) is 2. The fourth-order valence-electron chi connectivity index (χ4n) is 3.09. The Morgan fingerprint density at radius 2 is 1.50 bits per heavy atom. The molecule has 2 heteroatoms. The molecule has 0 aliphatic rings. The molecule has 0 amide bonds. The van der Waals surface area contributed by atoms with Crippen molar-refractivity contribution in [3.63, 3.8) is 0 Å². The lowest BCUT2D eigenvalue weighted by molar-refractivity contribution is 1.04. The highest BCUT2D eigenvalue weighted by atomic mass is 14.7. The predicted molar refractivity (Wildman–Crippen MR) is 85.2 cm³/mol. The summed E-state index contributed by atoms with van der Waals surface area (Å²) >= 11 is 0. The molecule has 0 saturated carbocycles. The van der Waals surface area contributed by atoms with Gasteiger partial charge in [-0.3, -0.25) is 9.97 Å². The summed E-state index contributed by atoms with van der Waals surface area (Å²) in [4.78, 5) is 9.45. The van der Waals surface area contributed by atoms with Gasteiger partial charge in [-0.2, -0.15) is 0 Å². The summed E-state index contributed by atoms with van der Waals surface area (Å²) in [7, 11) is 0. The molecule has 1 aromatic carbocycles. The topological polar surface area (TPSA) is 25.8 Å². The summed E-state index contributed by atoms with van der Waals surface area (Å²) < 4.78 is 0. The average molecular weight is 264 g/mol. The van der Waals surface area contributed by atoms with Crippen molar-refractivity contribution in [1.29, 1.82) is 0 Å². The van der Waals surface area contributed by atoms with Crippen LogP contribution in [0.4, 0.5) is 0 Å². The highest BCUT2D eigenvalue weighted by molar-refractivity contribution is 6.06. The first-order valence-electron chi connectivity index (χ1n) is 7.48. The van der Waals surface area contributed by atoms with Crippen molar-refractivity contribution in [2.45, 2.75) is 40.0 Å². The van der Waals surface area contributed by atoms with Gasteiger partial charge in [-0.1, -0.05) is 32.9 Å². The molecule has 3 aromatic rings. The van der Waals surface area contributed by atoms with Crippen LogP contribution in [0.15, 0.2) is 30.5 Å². The van der Waals surface area contributed by atoms with Gasteiger partial charge in [-0.25, -0.2) is 0 Å². The highest BCUT2D eigenvalue weighted by Gasteiger charge is 2.13. The molecule has 2 nitrogen and oxygen atoms in total. The minimum atomic E-state index is 0.960. The second-order valence-electron chi connectivity index (χ2n) is 5.12. The molecule has 102 valence electrons. The maximum absolute atomic E-state index is 4.84. The van der Waals surface area contributed by atoms with E-state index in [2.05, 4.69) is 44.0 Å². The van der Waals surface area contributed by atoms with E-state index in [1.54, 1.807) is 0 Å². The monoisotopic (exact) mass is 264 g/mol. The van der Waals surface area contributed by atoms with Crippen molar-refractivity contribution in [2.24, 2.45) is 0 Å². The zero-order valence-electron chi connectivity index (χ0n) is 12.4. The Hall–Kier alpha value is -1.96. The van der Waals surface area contributed by atoms with Crippen LogP contribution in [-0.2, 0) is 19.3 Å². The fraction of sp³-hybridized carbons (Fsp3) is 0.333. The van der Waals surface area contributed by atoms with Gasteiger partial charge in [-0.05, 0) is 42.5 Å². The van der Waals surface area contributed by atoms with Crippen LogP contribution in [0.3, 0.4) is 0 Å². The maximum atomic E-state index is 4.84. The number of benzene rings is 1. The Kier molecular flexibility index (Phi) is 3.39. The molecule has 0 saturated heterocycles. The molecule has 0 radical (unpaired) electrons. The molecule has 20 heavy (non-hydrogen) atoms. The third-order valence-corrected chi connectivity index (χ3v) is 4.07. The summed E-state index contributed by atoms with van der Waals surface area (Å²) in [5.41, 5.74) is 6.10. The lowest BCUT2D eigenvalue weighted by Crippen LogP contribution is -1.99. The molecule has 0 aliphatic carbocycles. The molecule has 0 atom stereocenters. The van der Waals surface area contributed by atoms with Crippen molar-refractivity contribution in [2.75, 3.05) is 0 Å². The Bertz CT molecular complexity index is 775. The second kappa shape index (κ2) is 5.20. The summed E-state index contributed by atoms with van der Waals surface area (Å²) in [5.74, 6) is 0. The van der Waals surface area contributed by atoms with Crippen LogP contribution in [0.25, 0.3) is 21.8 Å². The molecular formula is C18H20N2. The van der Waals surface area contributed by atoms with Crippen LogP contribution < -0.4 is 0 Å². The fourth-order valence-corrected chi connectivity index (χ4v) is 3.09. The van der Waals surface area contributed by atoms with Gasteiger partial charge in [-0.15, -0.1) is 0 Å². The maximum Gasteiger partial charge on any atom is 0.0970 e. The molecule has 0 fully saturated rings. The van der Waals surface area contributed by atoms with Crippen molar-refractivity contribution in [1.82, 2.24) is 9.97 Å². The van der Waals surface area contributed by atoms with Gasteiger partial charge in [0.25, 0.3) is 0 Å². The van der Waals surface area contributed by atoms with E-state index in [-0.39, 0.29) is 0 Å². The smallest absolute Gasteiger partial charge is 0.0970 e. The van der Waals surface area contributed by atoms with E-state index in [9.17, 15) is 0 Å². The molecule has 0 N–H and O–H groups in total. The number of nitrogens with zero attached hydrogens (tertiary/aromatic N) is 2. The van der Waals surface area contributed by atoms with Crippen molar-refractivity contribution >= 4 is 21.8 Å². The lowest BCUT2D eigenvalue weighted by Gasteiger charge is -2.14. The molecular weight excluding hydrogens is 244 g/mol. The summed E-state index contributed by atoms with van der Waals surface area (Å²) in [6.45, 7) is 6.59. The van der Waals surface area contributed by atoms with Crippen molar-refractivity contribution in [3.8, 4) is 0 Å². The molecule has 2 aromatic heterocycles. The van der Waals surface area contributed by atoms with Crippen molar-refractivity contribution in [3.05, 3.63) is 47.3 Å². The van der Waals surface area contributed by atoms with Gasteiger partial charge in [0, 0.05) is 22.7 Å². The van der Waals surface area contributed by atoms with E-state index in [0.717, 1.165) is 36.0 Å². The molecule has 0 unspecified atom stereocenters. The molecule has 3 rings (SSSR count). The number of hydrogen-bond donors (Lipinski definition) is 0. The highest BCUT2D eigenvalue weighted by Crippen LogP contribution is 2.31. The molecule has 0 spiro atoms. The van der Waals surface area contributed by atoms with Gasteiger partial charge in [0.1, 0.15) is 0 Å². The third-order valence-electron chi connectivity index (χ3n) is 4.07. The van der Waals surface area contributed by atoms with Gasteiger partial charge in [0.2, 0.25) is 0 Å². The van der Waals surface area contributed by atoms with E-state index in [1.807, 2.05) is 12.3 Å². The Morgan fingerprint density at radius 3 is 2.15 bits per heavy atom. The van der Waals surface area contributed by atoms with E-state index < -0.39 is 0 Å². The van der Waals surface area contributed by atoms with Crippen molar-refractivity contribution < 1.29 is 0 Å². The lowest BCUT2D eigenvalue weighted by atomic mass is 9.93. The van der Waals surface area contributed by atoms with E-state index in [4.69, 9.17) is 4.98 Å². The van der Waals surface area contributed by atoms with Crippen LogP contribution >= 0.6 is 0 Å². The number of aryl methyl sites for hydroxylation is 3. The Balaban J connectivity index is 2.54. The molecule has 0 aliphatic heterocycles. The van der Waals surface area contributed by atoms with Crippen LogP contribution in [0, 0.1) is 0 Å². The van der Waals surface area contributed by atoms with Crippen LogP contribution in [-0.4, -0.2) is 9.97 Å². The predicted octanol–water partition coefficient (Wildman–Crippen LogP) is 4.47. The number of rotatable bonds is 3. The molecule has 2 heterocycles. The summed E-state index contributed by atoms with van der Waals surface area (Å²) in [6.07, 6.45) is 4.91. The number of aromatic nitrogens is 2. The number of pyridine rings is 2. The van der Waals surface area contributed by atoms with Gasteiger partial charge in [0.15, 0.2) is 0 Å². The quantitative estimate of drug-likeness (QED) is 0.652. The first kappa shape index (κ1) is 13.0. The van der Waals surface area contributed by atoms with E-state index in [0.29, 0.717) is 0 Å². The molecule has 0 bridgehead atoms. The standard InChI is InChI=1S/C18H20N2/c1-4-12-9-10-16-14(6-3)13(5-2)15-8-7-11-19-17(15)18(16)20-12/h7-11H,4-6H2,1-3H3. The van der Waals surface area contributed by atoms with Gasteiger partial charge < -0.3 is 0 Å². The zero-order chi connectivity index (χ0) is 14.1. The summed E-state index contributed by atoms with van der Waals surface area (Å²) in [5, 5.41) is 2.54. The first-order valence-corrected chi connectivity index (χ1v) is 7.48. The van der Waals surface area contributed by atoms with Gasteiger partial charge >= 0.3 is 0 Å². The van der Waals surface area contributed by atoms with Crippen LogP contribution in [0.1, 0.15) is 37.6 Å². The van der Waals surface area contributed by atoms with E-state index >= 15 is 0 Å². The van der Waals surface area contributed by atoms with Crippen LogP contribution in [0.5, 0.6) is 0 Å². The Morgan fingerprint density at radius 1 is 0.800 bits per heavy atom. The Labute approximate surface area is 119 Å². The normalized spacial score (nSPS) is 11.3. The SMILES string of the molecule is CCc1ccc2c(CC)c(CC)c3cccnc3c2n1. The average Bonchev–Trinajstić information content (AvgIpc) is 2.52. The minimum absolute atomic E-state index is 0.960. The third kappa shape index (κ3) is 1.87. The first-order chi connectivity index (χ1) is 9.80. The van der Waals surface area contributed by atoms with Crippen LogP contribution in [0.2, 0.25) is 0 Å². The zero-order valence-corrected chi connectivity index (χ0v) is 12.4. The summed E-state index contributed by atoms with van der Waals surface area (Å²) in [6, 6.07) is 8.58. The second-order valence-corrected chi connectivity index (χ2v) is 5.12. The largest absolute Gasteiger partial charge is 0.254 e. The minimum Gasteiger partial charge on any atom is -0.254 e. The van der Waals surface area contributed by atoms with E-state index in [1.165, 1.54) is 21.9 Å². The number of fused-ring (bicyclic) bond motifs is 3. The van der Waals surface area contributed by atoms with Gasteiger partial charge in [0.05, 0.1) is 11.0 Å².